The molecule has 24 heavy (non-hydrogen) atoms. The molecule has 0 aromatic rings. The molecule has 1 aliphatic heterocycles. The lowest BCUT2D eigenvalue weighted by atomic mass is 9.85. The van der Waals surface area contributed by atoms with Crippen molar-refractivity contribution in [2.45, 2.75) is 89.3 Å². The van der Waals surface area contributed by atoms with E-state index in [0.717, 1.165) is 19.3 Å². The summed E-state index contributed by atoms with van der Waals surface area (Å²) in [6, 6.07) is 0. The van der Waals surface area contributed by atoms with Crippen LogP contribution in [0.15, 0.2) is 12.2 Å². The third kappa shape index (κ3) is 8.24. The predicted octanol–water partition coefficient (Wildman–Crippen LogP) is 2.21. The molecule has 0 unspecified atom stereocenters. The summed E-state index contributed by atoms with van der Waals surface area (Å²) in [7, 11) is 0. The Balaban J connectivity index is 2.52. The minimum Gasteiger partial charge on any atom is -0.481 e. The molecule has 1 fully saturated rings. The molecule has 0 saturated carbocycles. The Morgan fingerprint density at radius 3 is 2.67 bits per heavy atom. The van der Waals surface area contributed by atoms with Crippen LogP contribution in [0.25, 0.3) is 0 Å². The second-order valence-electron chi connectivity index (χ2n) is 6.61. The molecule has 1 rings (SSSR count). The first-order valence-electron chi connectivity index (χ1n) is 9.03. The Hall–Kier alpha value is -0.950. The van der Waals surface area contributed by atoms with Crippen LogP contribution in [-0.2, 0) is 9.53 Å². The van der Waals surface area contributed by atoms with Gasteiger partial charge in [0.15, 0.2) is 6.29 Å². The first-order chi connectivity index (χ1) is 11.4. The topological polar surface area (TPSA) is 107 Å². The lowest BCUT2D eigenvalue weighted by Crippen LogP contribution is -2.43. The second kappa shape index (κ2) is 11.6. The minimum atomic E-state index is -1.01. The van der Waals surface area contributed by atoms with Crippen molar-refractivity contribution in [2.75, 3.05) is 0 Å². The summed E-state index contributed by atoms with van der Waals surface area (Å²) in [5.41, 5.74) is 0. The number of aliphatic hydroxyl groups excluding tert-OH is 3. The third-order valence-electron chi connectivity index (χ3n) is 4.48. The Kier molecular flexibility index (Phi) is 10.2. The van der Waals surface area contributed by atoms with Gasteiger partial charge in [0.1, 0.15) is 0 Å². The SMILES string of the molecule is CCCCC[C@H](O)/C=C/[C@H]1O[C@@H](O)C[C@H](O)[C@@H]1CCCCC(=O)O. The summed E-state index contributed by atoms with van der Waals surface area (Å²) in [4.78, 5) is 10.6. The molecule has 0 aromatic carbocycles. The van der Waals surface area contributed by atoms with Crippen molar-refractivity contribution in [3.8, 4) is 0 Å². The lowest BCUT2D eigenvalue weighted by Gasteiger charge is -2.37. The zero-order valence-corrected chi connectivity index (χ0v) is 14.5. The van der Waals surface area contributed by atoms with Gasteiger partial charge in [0.2, 0.25) is 0 Å². The molecule has 0 spiro atoms. The maximum atomic E-state index is 10.6. The number of hydrogen-bond donors (Lipinski definition) is 4. The molecule has 1 aliphatic rings. The summed E-state index contributed by atoms with van der Waals surface area (Å²) in [6.45, 7) is 2.11. The molecule has 0 radical (unpaired) electrons. The minimum absolute atomic E-state index is 0.114. The fourth-order valence-electron chi connectivity index (χ4n) is 3.08. The molecule has 140 valence electrons. The average molecular weight is 344 g/mol. The highest BCUT2D eigenvalue weighted by atomic mass is 16.6. The van der Waals surface area contributed by atoms with Crippen LogP contribution in [0.3, 0.4) is 0 Å². The molecule has 5 atom stereocenters. The van der Waals surface area contributed by atoms with Crippen LogP contribution in [0, 0.1) is 5.92 Å². The van der Waals surface area contributed by atoms with E-state index in [0.29, 0.717) is 25.7 Å². The van der Waals surface area contributed by atoms with Gasteiger partial charge in [0.05, 0.1) is 18.3 Å². The largest absolute Gasteiger partial charge is 0.481 e. The molecular weight excluding hydrogens is 312 g/mol. The van der Waals surface area contributed by atoms with Crippen LogP contribution in [0.5, 0.6) is 0 Å². The van der Waals surface area contributed by atoms with Gasteiger partial charge in [0, 0.05) is 18.8 Å². The van der Waals surface area contributed by atoms with Crippen molar-refractivity contribution in [1.29, 1.82) is 0 Å². The zero-order valence-electron chi connectivity index (χ0n) is 14.5. The van der Waals surface area contributed by atoms with E-state index in [1.54, 1.807) is 12.2 Å². The van der Waals surface area contributed by atoms with Crippen molar-refractivity contribution in [1.82, 2.24) is 0 Å². The highest BCUT2D eigenvalue weighted by Crippen LogP contribution is 2.30. The first kappa shape index (κ1) is 21.1. The van der Waals surface area contributed by atoms with E-state index in [2.05, 4.69) is 6.92 Å². The average Bonchev–Trinajstić information content (AvgIpc) is 2.51. The summed E-state index contributed by atoms with van der Waals surface area (Å²) >= 11 is 0. The smallest absolute Gasteiger partial charge is 0.303 e. The first-order valence-corrected chi connectivity index (χ1v) is 9.03. The Bertz CT molecular complexity index is 384. The molecule has 0 amide bonds. The molecular formula is C18H32O6. The number of carbonyl (C=O) groups is 1. The monoisotopic (exact) mass is 344 g/mol. The number of rotatable bonds is 11. The van der Waals surface area contributed by atoms with Gasteiger partial charge >= 0.3 is 5.97 Å². The lowest BCUT2D eigenvalue weighted by molar-refractivity contribution is -0.201. The second-order valence-corrected chi connectivity index (χ2v) is 6.61. The van der Waals surface area contributed by atoms with Crippen LogP contribution in [0.4, 0.5) is 0 Å². The van der Waals surface area contributed by atoms with Crippen molar-refractivity contribution in [3.63, 3.8) is 0 Å². The normalized spacial score (nSPS) is 29.0. The summed E-state index contributed by atoms with van der Waals surface area (Å²) < 4.78 is 5.50. The number of ether oxygens (including phenoxy) is 1. The fourth-order valence-corrected chi connectivity index (χ4v) is 3.08. The van der Waals surface area contributed by atoms with E-state index in [9.17, 15) is 20.1 Å². The van der Waals surface area contributed by atoms with Gasteiger partial charge in [-0.3, -0.25) is 4.79 Å². The Morgan fingerprint density at radius 2 is 2.00 bits per heavy atom. The molecule has 0 aromatic heterocycles. The number of carboxylic acids is 1. The standard InChI is InChI=1S/C18H32O6/c1-2-3-4-7-13(19)10-11-16-14(8-5-6-9-17(21)22)15(20)12-18(23)24-16/h10-11,13-16,18-20,23H,2-9,12H2,1H3,(H,21,22)/b11-10+/t13-,14-,15-,16+,18+/m0/s1. The molecule has 6 nitrogen and oxygen atoms in total. The Morgan fingerprint density at radius 1 is 1.25 bits per heavy atom. The molecule has 1 heterocycles. The van der Waals surface area contributed by atoms with Gasteiger partial charge < -0.3 is 25.2 Å². The summed E-state index contributed by atoms with van der Waals surface area (Å²) in [6.07, 6.45) is 6.63. The molecule has 1 saturated heterocycles. The van der Waals surface area contributed by atoms with Crippen LogP contribution in [-0.4, -0.2) is 51.0 Å². The summed E-state index contributed by atoms with van der Waals surface area (Å²) in [5.74, 6) is -1.02. The maximum Gasteiger partial charge on any atom is 0.303 e. The van der Waals surface area contributed by atoms with Crippen molar-refractivity contribution < 1.29 is 30.0 Å². The van der Waals surface area contributed by atoms with Gasteiger partial charge in [-0.05, 0) is 19.3 Å². The molecule has 6 heteroatoms. The number of aliphatic hydroxyl groups is 3. The van der Waals surface area contributed by atoms with E-state index in [1.807, 2.05) is 0 Å². The van der Waals surface area contributed by atoms with Crippen molar-refractivity contribution in [2.24, 2.45) is 5.92 Å². The van der Waals surface area contributed by atoms with Crippen LogP contribution < -0.4 is 0 Å². The number of aliphatic carboxylic acids is 1. The van der Waals surface area contributed by atoms with Gasteiger partial charge in [-0.2, -0.15) is 0 Å². The van der Waals surface area contributed by atoms with E-state index < -0.39 is 30.6 Å². The number of unbranched alkanes of at least 4 members (excludes halogenated alkanes) is 3. The van der Waals surface area contributed by atoms with Crippen LogP contribution >= 0.6 is 0 Å². The quantitative estimate of drug-likeness (QED) is 0.338. The highest BCUT2D eigenvalue weighted by Gasteiger charge is 2.35. The molecule has 0 aliphatic carbocycles. The molecule has 4 N–H and O–H groups in total. The van der Waals surface area contributed by atoms with Gasteiger partial charge in [-0.15, -0.1) is 0 Å². The van der Waals surface area contributed by atoms with E-state index in [-0.39, 0.29) is 18.8 Å². The highest BCUT2D eigenvalue weighted by molar-refractivity contribution is 5.66. The van der Waals surface area contributed by atoms with E-state index in [1.165, 1.54) is 0 Å². The zero-order chi connectivity index (χ0) is 17.9. The number of hydrogen-bond acceptors (Lipinski definition) is 5. The van der Waals surface area contributed by atoms with Gasteiger partial charge in [-0.25, -0.2) is 0 Å². The van der Waals surface area contributed by atoms with Crippen LogP contribution in [0.1, 0.15) is 64.7 Å². The molecule has 0 bridgehead atoms. The van der Waals surface area contributed by atoms with Gasteiger partial charge in [-0.1, -0.05) is 44.8 Å². The van der Waals surface area contributed by atoms with Gasteiger partial charge in [0.25, 0.3) is 0 Å². The Labute approximate surface area is 144 Å². The van der Waals surface area contributed by atoms with Crippen LogP contribution in [0.2, 0.25) is 0 Å². The fraction of sp³-hybridized carbons (Fsp3) is 0.833. The van der Waals surface area contributed by atoms with E-state index in [4.69, 9.17) is 9.84 Å². The summed E-state index contributed by atoms with van der Waals surface area (Å²) in [5, 5.41) is 38.5. The van der Waals surface area contributed by atoms with E-state index >= 15 is 0 Å². The van der Waals surface area contributed by atoms with Crippen molar-refractivity contribution >= 4 is 5.97 Å². The number of carboxylic acid groups (broad SMARTS) is 1. The maximum absolute atomic E-state index is 10.6. The van der Waals surface area contributed by atoms with Crippen molar-refractivity contribution in [3.05, 3.63) is 12.2 Å². The predicted molar refractivity (Wildman–Crippen MR) is 90.4 cm³/mol. The third-order valence-corrected chi connectivity index (χ3v) is 4.48.